The smallest absolute Gasteiger partial charge is 0.186 e. The number of methoxy groups -OCH3 is 1. The molecule has 2 atom stereocenters. The maximum atomic E-state index is 5.85. The van der Waals surface area contributed by atoms with Crippen LogP contribution in [0, 0.1) is 0 Å². The number of fused-ring (bicyclic) bond motifs is 1. The highest BCUT2D eigenvalue weighted by atomic mass is 32.1. The Bertz CT molecular complexity index is 478. The van der Waals surface area contributed by atoms with Crippen molar-refractivity contribution in [1.82, 2.24) is 9.88 Å². The standard InChI is InChI=1S/C15H26N4OS/c1-11-8-18-6-4-3-5-12(18)9-19(11)15-17-13(10-20-2)14(7-16)21-15/h11-12H,3-10,16H2,1-2H3. The van der Waals surface area contributed by atoms with E-state index in [0.717, 1.165) is 28.8 Å². The third kappa shape index (κ3) is 3.08. The first-order chi connectivity index (χ1) is 10.2. The van der Waals surface area contributed by atoms with Crippen LogP contribution in [0.3, 0.4) is 0 Å². The van der Waals surface area contributed by atoms with Crippen LogP contribution >= 0.6 is 11.3 Å². The number of piperazine rings is 1. The molecule has 1 aromatic heterocycles. The third-order valence-corrected chi connectivity index (χ3v) is 5.82. The predicted octanol–water partition coefficient (Wildman–Crippen LogP) is 1.81. The molecule has 1 aromatic rings. The van der Waals surface area contributed by atoms with Crippen molar-refractivity contribution in [2.45, 2.75) is 51.4 Å². The Kier molecular flexibility index (Phi) is 4.78. The first-order valence-electron chi connectivity index (χ1n) is 7.91. The largest absolute Gasteiger partial charge is 0.378 e. The van der Waals surface area contributed by atoms with Crippen LogP contribution in [0.15, 0.2) is 0 Å². The Labute approximate surface area is 131 Å². The van der Waals surface area contributed by atoms with Crippen LogP contribution in [0.2, 0.25) is 0 Å². The highest BCUT2D eigenvalue weighted by Crippen LogP contribution is 2.32. The van der Waals surface area contributed by atoms with Gasteiger partial charge in [-0.3, -0.25) is 4.90 Å². The normalized spacial score (nSPS) is 26.9. The fraction of sp³-hybridized carbons (Fsp3) is 0.800. The Morgan fingerprint density at radius 1 is 1.38 bits per heavy atom. The molecule has 2 fully saturated rings. The summed E-state index contributed by atoms with van der Waals surface area (Å²) < 4.78 is 5.25. The number of hydrogen-bond donors (Lipinski definition) is 1. The molecule has 2 aliphatic heterocycles. The predicted molar refractivity (Wildman–Crippen MR) is 86.7 cm³/mol. The van der Waals surface area contributed by atoms with E-state index in [0.29, 0.717) is 25.2 Å². The molecule has 0 aromatic carbocycles. The molecular weight excluding hydrogens is 284 g/mol. The summed E-state index contributed by atoms with van der Waals surface area (Å²) in [5, 5.41) is 1.13. The minimum atomic E-state index is 0.520. The lowest BCUT2D eigenvalue weighted by molar-refractivity contribution is 0.115. The first-order valence-corrected chi connectivity index (χ1v) is 8.73. The summed E-state index contributed by atoms with van der Waals surface area (Å²) in [5.41, 5.74) is 6.87. The summed E-state index contributed by atoms with van der Waals surface area (Å²) in [6, 6.07) is 1.22. The molecule has 6 heteroatoms. The van der Waals surface area contributed by atoms with E-state index >= 15 is 0 Å². The maximum absolute atomic E-state index is 5.85. The number of rotatable bonds is 4. The lowest BCUT2D eigenvalue weighted by Crippen LogP contribution is -2.58. The SMILES string of the molecule is COCc1nc(N2CC3CCCCN3CC2C)sc1CN. The van der Waals surface area contributed by atoms with E-state index in [2.05, 4.69) is 16.7 Å². The molecule has 21 heavy (non-hydrogen) atoms. The first kappa shape index (κ1) is 15.2. The van der Waals surface area contributed by atoms with Crippen LogP contribution in [-0.2, 0) is 17.9 Å². The number of hydrogen-bond acceptors (Lipinski definition) is 6. The van der Waals surface area contributed by atoms with Crippen molar-refractivity contribution in [2.24, 2.45) is 5.73 Å². The van der Waals surface area contributed by atoms with Gasteiger partial charge in [0.1, 0.15) is 0 Å². The fourth-order valence-corrected chi connectivity index (χ4v) is 4.57. The third-order valence-electron chi connectivity index (χ3n) is 4.67. The van der Waals surface area contributed by atoms with Crippen LogP contribution in [0.25, 0.3) is 0 Å². The van der Waals surface area contributed by atoms with Gasteiger partial charge in [0.2, 0.25) is 0 Å². The van der Waals surface area contributed by atoms with E-state index in [1.165, 1.54) is 25.8 Å². The molecule has 0 spiro atoms. The van der Waals surface area contributed by atoms with Gasteiger partial charge in [-0.05, 0) is 26.3 Å². The Morgan fingerprint density at radius 3 is 3.00 bits per heavy atom. The highest BCUT2D eigenvalue weighted by molar-refractivity contribution is 7.15. The molecular formula is C15H26N4OS. The molecule has 2 aliphatic rings. The molecule has 2 N–H and O–H groups in total. The maximum Gasteiger partial charge on any atom is 0.186 e. The molecule has 0 radical (unpaired) electrons. The van der Waals surface area contributed by atoms with Crippen molar-refractivity contribution in [1.29, 1.82) is 0 Å². The van der Waals surface area contributed by atoms with Crippen molar-refractivity contribution < 1.29 is 4.74 Å². The van der Waals surface area contributed by atoms with E-state index in [9.17, 15) is 0 Å². The van der Waals surface area contributed by atoms with Gasteiger partial charge < -0.3 is 15.4 Å². The minimum absolute atomic E-state index is 0.520. The minimum Gasteiger partial charge on any atom is -0.378 e. The van der Waals surface area contributed by atoms with Gasteiger partial charge in [0.15, 0.2) is 5.13 Å². The summed E-state index contributed by atoms with van der Waals surface area (Å²) in [7, 11) is 1.71. The zero-order valence-corrected chi connectivity index (χ0v) is 13.9. The summed E-state index contributed by atoms with van der Waals surface area (Å²) in [4.78, 5) is 11.1. The average Bonchev–Trinajstić information content (AvgIpc) is 2.90. The van der Waals surface area contributed by atoms with Crippen molar-refractivity contribution in [3.8, 4) is 0 Å². The Morgan fingerprint density at radius 2 is 2.24 bits per heavy atom. The second-order valence-corrected chi connectivity index (χ2v) is 7.21. The Balaban J connectivity index is 1.79. The molecule has 0 saturated carbocycles. The van der Waals surface area contributed by atoms with E-state index < -0.39 is 0 Å². The van der Waals surface area contributed by atoms with Crippen LogP contribution in [0.5, 0.6) is 0 Å². The average molecular weight is 310 g/mol. The molecule has 3 heterocycles. The number of aromatic nitrogens is 1. The van der Waals surface area contributed by atoms with Crippen molar-refractivity contribution in [2.75, 3.05) is 31.6 Å². The number of nitrogens with zero attached hydrogens (tertiary/aromatic N) is 3. The molecule has 118 valence electrons. The van der Waals surface area contributed by atoms with Gasteiger partial charge in [-0.2, -0.15) is 0 Å². The van der Waals surface area contributed by atoms with Gasteiger partial charge in [0.05, 0.1) is 12.3 Å². The molecule has 0 amide bonds. The molecule has 2 saturated heterocycles. The summed E-state index contributed by atoms with van der Waals surface area (Å²) in [5.74, 6) is 0. The quantitative estimate of drug-likeness (QED) is 0.919. The van der Waals surface area contributed by atoms with Crippen molar-refractivity contribution in [3.05, 3.63) is 10.6 Å². The lowest BCUT2D eigenvalue weighted by atomic mass is 9.97. The summed E-state index contributed by atoms with van der Waals surface area (Å²) >= 11 is 1.74. The number of piperidine rings is 1. The van der Waals surface area contributed by atoms with Crippen LogP contribution in [0.1, 0.15) is 36.8 Å². The van der Waals surface area contributed by atoms with Gasteiger partial charge in [0, 0.05) is 43.7 Å². The molecule has 2 unspecified atom stereocenters. The van der Waals surface area contributed by atoms with Gasteiger partial charge in [-0.1, -0.05) is 6.42 Å². The zero-order valence-electron chi connectivity index (χ0n) is 13.0. The number of anilines is 1. The van der Waals surface area contributed by atoms with Crippen LogP contribution < -0.4 is 10.6 Å². The van der Waals surface area contributed by atoms with Crippen LogP contribution in [0.4, 0.5) is 5.13 Å². The second-order valence-electron chi connectivity index (χ2n) is 6.15. The molecule has 3 rings (SSSR count). The van der Waals surface area contributed by atoms with Gasteiger partial charge in [0.25, 0.3) is 0 Å². The number of ether oxygens (including phenoxy) is 1. The zero-order chi connectivity index (χ0) is 14.8. The van der Waals surface area contributed by atoms with E-state index in [1.54, 1.807) is 18.4 Å². The molecule has 0 aliphatic carbocycles. The monoisotopic (exact) mass is 310 g/mol. The summed E-state index contributed by atoms with van der Waals surface area (Å²) in [6.45, 7) is 6.94. The number of thiazole rings is 1. The van der Waals surface area contributed by atoms with E-state index in [-0.39, 0.29) is 0 Å². The second kappa shape index (κ2) is 6.60. The summed E-state index contributed by atoms with van der Waals surface area (Å²) in [6.07, 6.45) is 4.04. The van der Waals surface area contributed by atoms with Gasteiger partial charge in [-0.25, -0.2) is 4.98 Å². The molecule has 5 nitrogen and oxygen atoms in total. The van der Waals surface area contributed by atoms with Gasteiger partial charge >= 0.3 is 0 Å². The highest BCUT2D eigenvalue weighted by Gasteiger charge is 2.34. The van der Waals surface area contributed by atoms with E-state index in [4.69, 9.17) is 15.5 Å². The lowest BCUT2D eigenvalue weighted by Gasteiger charge is -2.47. The topological polar surface area (TPSA) is 54.6 Å². The fourth-order valence-electron chi connectivity index (χ4n) is 3.52. The van der Waals surface area contributed by atoms with Crippen LogP contribution in [-0.4, -0.2) is 48.7 Å². The molecule has 0 bridgehead atoms. The Hall–Kier alpha value is -0.690. The van der Waals surface area contributed by atoms with Crippen molar-refractivity contribution in [3.63, 3.8) is 0 Å². The van der Waals surface area contributed by atoms with E-state index in [1.807, 2.05) is 0 Å². The van der Waals surface area contributed by atoms with Gasteiger partial charge in [-0.15, -0.1) is 11.3 Å². The van der Waals surface area contributed by atoms with Crippen molar-refractivity contribution >= 4 is 16.5 Å². The number of nitrogens with two attached hydrogens (primary N) is 1.